The first kappa shape index (κ1) is 13.5. The molecule has 0 radical (unpaired) electrons. The molecule has 0 atom stereocenters. The molecule has 2 aromatic rings. The summed E-state index contributed by atoms with van der Waals surface area (Å²) in [6.45, 7) is 0.0241. The zero-order valence-electron chi connectivity index (χ0n) is 9.47. The molecule has 0 aliphatic rings. The standard InChI is InChI=1S/C13H13NO2.ClH/c1-16-13-7-6-10(12(15)8-14)9-4-2-3-5-11(9)13;/h2-7H,8,14H2,1H3;1H. The Balaban J connectivity index is 0.00000144. The van der Waals surface area contributed by atoms with Gasteiger partial charge in [0, 0.05) is 10.9 Å². The number of Topliss-reactive ketones (excluding diaryl/α,β-unsaturated/α-hetero) is 1. The van der Waals surface area contributed by atoms with E-state index in [1.165, 1.54) is 0 Å². The number of methoxy groups -OCH3 is 1. The van der Waals surface area contributed by atoms with Crippen LogP contribution in [-0.4, -0.2) is 19.4 Å². The first-order chi connectivity index (χ1) is 7.77. The number of ether oxygens (including phenoxy) is 1. The molecule has 0 heterocycles. The van der Waals surface area contributed by atoms with Crippen molar-refractivity contribution in [1.82, 2.24) is 0 Å². The van der Waals surface area contributed by atoms with Crippen LogP contribution in [-0.2, 0) is 0 Å². The van der Waals surface area contributed by atoms with Crippen molar-refractivity contribution in [2.24, 2.45) is 5.73 Å². The number of nitrogens with two attached hydrogens (primary N) is 1. The van der Waals surface area contributed by atoms with Crippen LogP contribution < -0.4 is 10.5 Å². The second-order valence-corrected chi connectivity index (χ2v) is 3.49. The fourth-order valence-electron chi connectivity index (χ4n) is 1.80. The molecule has 2 rings (SSSR count). The monoisotopic (exact) mass is 251 g/mol. The summed E-state index contributed by atoms with van der Waals surface area (Å²) in [5, 5.41) is 1.82. The second-order valence-electron chi connectivity index (χ2n) is 3.49. The molecule has 2 aromatic carbocycles. The van der Waals surface area contributed by atoms with E-state index in [4.69, 9.17) is 10.5 Å². The van der Waals surface area contributed by atoms with Gasteiger partial charge in [0.1, 0.15) is 5.75 Å². The third-order valence-corrected chi connectivity index (χ3v) is 2.59. The zero-order valence-corrected chi connectivity index (χ0v) is 10.3. The Hall–Kier alpha value is -1.58. The number of benzene rings is 2. The molecule has 0 saturated carbocycles. The van der Waals surface area contributed by atoms with Gasteiger partial charge in [0.2, 0.25) is 0 Å². The van der Waals surface area contributed by atoms with Crippen molar-refractivity contribution in [3.63, 3.8) is 0 Å². The Morgan fingerprint density at radius 1 is 1.18 bits per heavy atom. The van der Waals surface area contributed by atoms with Crippen molar-refractivity contribution in [1.29, 1.82) is 0 Å². The van der Waals surface area contributed by atoms with Gasteiger partial charge in [0.15, 0.2) is 5.78 Å². The number of carbonyl (C=O) groups excluding carboxylic acids is 1. The van der Waals surface area contributed by atoms with Gasteiger partial charge in [-0.1, -0.05) is 24.3 Å². The quantitative estimate of drug-likeness (QED) is 0.853. The fourth-order valence-corrected chi connectivity index (χ4v) is 1.80. The first-order valence-electron chi connectivity index (χ1n) is 5.07. The molecule has 0 aliphatic carbocycles. The van der Waals surface area contributed by atoms with Crippen molar-refractivity contribution in [3.05, 3.63) is 42.0 Å². The van der Waals surface area contributed by atoms with Crippen LogP contribution in [0.5, 0.6) is 5.75 Å². The maximum atomic E-state index is 11.7. The number of hydrogen-bond donors (Lipinski definition) is 1. The molecule has 0 fully saturated rings. The second kappa shape index (κ2) is 5.66. The summed E-state index contributed by atoms with van der Waals surface area (Å²) in [6, 6.07) is 11.2. The minimum Gasteiger partial charge on any atom is -0.496 e. The zero-order chi connectivity index (χ0) is 11.5. The average molecular weight is 252 g/mol. The molecule has 0 aromatic heterocycles. The third kappa shape index (κ3) is 2.40. The molecular weight excluding hydrogens is 238 g/mol. The van der Waals surface area contributed by atoms with Crippen LogP contribution in [0.3, 0.4) is 0 Å². The van der Waals surface area contributed by atoms with E-state index in [0.29, 0.717) is 5.56 Å². The van der Waals surface area contributed by atoms with Gasteiger partial charge in [-0.25, -0.2) is 0 Å². The molecule has 17 heavy (non-hydrogen) atoms. The van der Waals surface area contributed by atoms with Gasteiger partial charge < -0.3 is 10.5 Å². The van der Waals surface area contributed by atoms with Crippen LogP contribution in [0.2, 0.25) is 0 Å². The summed E-state index contributed by atoms with van der Waals surface area (Å²) in [5.41, 5.74) is 6.04. The molecule has 0 aliphatic heterocycles. The van der Waals surface area contributed by atoms with Crippen molar-refractivity contribution < 1.29 is 9.53 Å². The summed E-state index contributed by atoms with van der Waals surface area (Å²) in [4.78, 5) is 11.7. The van der Waals surface area contributed by atoms with Gasteiger partial charge in [-0.2, -0.15) is 0 Å². The SMILES string of the molecule is COc1ccc(C(=O)CN)c2ccccc12.Cl. The summed E-state index contributed by atoms with van der Waals surface area (Å²) in [6.07, 6.45) is 0. The van der Waals surface area contributed by atoms with E-state index >= 15 is 0 Å². The van der Waals surface area contributed by atoms with Crippen LogP contribution in [0.15, 0.2) is 36.4 Å². The molecular formula is C13H14ClNO2. The Bertz CT molecular complexity index is 540. The molecule has 2 N–H and O–H groups in total. The minimum atomic E-state index is -0.0566. The average Bonchev–Trinajstić information content (AvgIpc) is 2.36. The van der Waals surface area contributed by atoms with Crippen LogP contribution >= 0.6 is 12.4 Å². The van der Waals surface area contributed by atoms with Crippen molar-refractivity contribution in [2.75, 3.05) is 13.7 Å². The van der Waals surface area contributed by atoms with Gasteiger partial charge in [0.05, 0.1) is 13.7 Å². The van der Waals surface area contributed by atoms with E-state index in [1.807, 2.05) is 24.3 Å². The lowest BCUT2D eigenvalue weighted by molar-refractivity contribution is 0.100. The molecule has 0 bridgehead atoms. The van der Waals surface area contributed by atoms with E-state index in [2.05, 4.69) is 0 Å². The number of halogens is 1. The Kier molecular flexibility index (Phi) is 4.49. The van der Waals surface area contributed by atoms with Gasteiger partial charge >= 0.3 is 0 Å². The molecule has 3 nitrogen and oxygen atoms in total. The van der Waals surface area contributed by atoms with Crippen molar-refractivity contribution in [3.8, 4) is 5.75 Å². The molecule has 0 unspecified atom stereocenters. The largest absolute Gasteiger partial charge is 0.496 e. The predicted molar refractivity (Wildman–Crippen MR) is 71.1 cm³/mol. The van der Waals surface area contributed by atoms with E-state index in [9.17, 15) is 4.79 Å². The number of fused-ring (bicyclic) bond motifs is 1. The Morgan fingerprint density at radius 2 is 1.82 bits per heavy atom. The Morgan fingerprint density at radius 3 is 2.41 bits per heavy atom. The van der Waals surface area contributed by atoms with Crippen molar-refractivity contribution >= 4 is 29.0 Å². The number of ketones is 1. The third-order valence-electron chi connectivity index (χ3n) is 2.59. The minimum absolute atomic E-state index is 0. The highest BCUT2D eigenvalue weighted by atomic mass is 35.5. The lowest BCUT2D eigenvalue weighted by Gasteiger charge is -2.08. The molecule has 0 saturated heterocycles. The van der Waals surface area contributed by atoms with E-state index in [-0.39, 0.29) is 24.7 Å². The van der Waals surface area contributed by atoms with E-state index in [0.717, 1.165) is 16.5 Å². The highest BCUT2D eigenvalue weighted by molar-refractivity contribution is 6.10. The lowest BCUT2D eigenvalue weighted by atomic mass is 10.0. The van der Waals surface area contributed by atoms with Crippen LogP contribution in [0.1, 0.15) is 10.4 Å². The van der Waals surface area contributed by atoms with E-state index < -0.39 is 0 Å². The predicted octanol–water partition coefficient (Wildman–Crippen LogP) is 2.41. The van der Waals surface area contributed by atoms with Crippen LogP contribution in [0, 0.1) is 0 Å². The molecule has 0 amide bonds. The Labute approximate surface area is 106 Å². The number of carbonyl (C=O) groups is 1. The highest BCUT2D eigenvalue weighted by Crippen LogP contribution is 2.28. The van der Waals surface area contributed by atoms with Crippen LogP contribution in [0.25, 0.3) is 10.8 Å². The first-order valence-corrected chi connectivity index (χ1v) is 5.07. The summed E-state index contributed by atoms with van der Waals surface area (Å²) >= 11 is 0. The smallest absolute Gasteiger partial charge is 0.177 e. The van der Waals surface area contributed by atoms with Crippen LogP contribution in [0.4, 0.5) is 0 Å². The van der Waals surface area contributed by atoms with Gasteiger partial charge in [0.25, 0.3) is 0 Å². The van der Waals surface area contributed by atoms with Gasteiger partial charge in [-0.3, -0.25) is 4.79 Å². The molecule has 90 valence electrons. The molecule has 0 spiro atoms. The molecule has 4 heteroatoms. The fraction of sp³-hybridized carbons (Fsp3) is 0.154. The van der Waals surface area contributed by atoms with Crippen molar-refractivity contribution in [2.45, 2.75) is 0 Å². The lowest BCUT2D eigenvalue weighted by Crippen LogP contribution is -2.13. The van der Waals surface area contributed by atoms with E-state index in [1.54, 1.807) is 19.2 Å². The maximum absolute atomic E-state index is 11.7. The summed E-state index contributed by atoms with van der Waals surface area (Å²) < 4.78 is 5.25. The number of hydrogen-bond acceptors (Lipinski definition) is 3. The normalized spacial score (nSPS) is 9.76. The summed E-state index contributed by atoms with van der Waals surface area (Å²) in [5.74, 6) is 0.711. The summed E-state index contributed by atoms with van der Waals surface area (Å²) in [7, 11) is 1.62. The topological polar surface area (TPSA) is 52.3 Å². The number of rotatable bonds is 3. The highest BCUT2D eigenvalue weighted by Gasteiger charge is 2.10. The van der Waals surface area contributed by atoms with Gasteiger partial charge in [-0.15, -0.1) is 12.4 Å². The van der Waals surface area contributed by atoms with Gasteiger partial charge in [-0.05, 0) is 17.5 Å². The maximum Gasteiger partial charge on any atom is 0.177 e.